The van der Waals surface area contributed by atoms with E-state index in [1.807, 2.05) is 6.07 Å². The van der Waals surface area contributed by atoms with E-state index < -0.39 is 0 Å². The van der Waals surface area contributed by atoms with Gasteiger partial charge in [0.05, 0.1) is 12.1 Å². The van der Waals surface area contributed by atoms with Crippen LogP contribution in [-0.2, 0) is 5.54 Å². The van der Waals surface area contributed by atoms with Gasteiger partial charge in [-0.1, -0.05) is 37.3 Å². The van der Waals surface area contributed by atoms with E-state index in [9.17, 15) is 5.11 Å². The Bertz CT molecular complexity index is 416. The Morgan fingerprint density at radius 3 is 2.43 bits per heavy atom. The third kappa shape index (κ3) is 4.53. The molecular formula is C18H30N2O. The zero-order valence-electron chi connectivity index (χ0n) is 13.7. The number of likely N-dealkylation sites (N-methyl/N-ethyl adjacent to an activating group) is 1. The van der Waals surface area contributed by atoms with Crippen molar-refractivity contribution in [1.82, 2.24) is 10.2 Å². The molecule has 1 aromatic rings. The lowest BCUT2D eigenvalue weighted by Gasteiger charge is -2.40. The van der Waals surface area contributed by atoms with Crippen LogP contribution in [0.4, 0.5) is 0 Å². The lowest BCUT2D eigenvalue weighted by atomic mass is 9.89. The maximum absolute atomic E-state index is 10.2. The minimum atomic E-state index is -0.375. The van der Waals surface area contributed by atoms with Gasteiger partial charge >= 0.3 is 0 Å². The Labute approximate surface area is 129 Å². The molecule has 1 unspecified atom stereocenters. The highest BCUT2D eigenvalue weighted by molar-refractivity contribution is 5.25. The van der Waals surface area contributed by atoms with Crippen LogP contribution in [0.25, 0.3) is 0 Å². The molecule has 2 rings (SSSR count). The van der Waals surface area contributed by atoms with Gasteiger partial charge in [-0.2, -0.15) is 0 Å². The third-order valence-electron chi connectivity index (χ3n) is 4.32. The molecule has 0 amide bonds. The molecule has 0 saturated heterocycles. The molecular weight excluding hydrogens is 260 g/mol. The van der Waals surface area contributed by atoms with Gasteiger partial charge in [0.25, 0.3) is 0 Å². The predicted molar refractivity (Wildman–Crippen MR) is 88.3 cm³/mol. The van der Waals surface area contributed by atoms with Crippen LogP contribution in [0.5, 0.6) is 0 Å². The van der Waals surface area contributed by atoms with Crippen molar-refractivity contribution in [2.75, 3.05) is 26.2 Å². The first-order chi connectivity index (χ1) is 10.1. The predicted octanol–water partition coefficient (Wildman–Crippen LogP) is 2.60. The molecule has 1 saturated carbocycles. The normalized spacial score (nSPS) is 18.2. The monoisotopic (exact) mass is 290 g/mol. The zero-order chi connectivity index (χ0) is 15.3. The zero-order valence-corrected chi connectivity index (χ0v) is 13.7. The van der Waals surface area contributed by atoms with Gasteiger partial charge in [0, 0.05) is 19.1 Å². The Morgan fingerprint density at radius 1 is 1.29 bits per heavy atom. The molecule has 21 heavy (non-hydrogen) atoms. The highest BCUT2D eigenvalue weighted by atomic mass is 16.3. The van der Waals surface area contributed by atoms with Gasteiger partial charge in [-0.25, -0.2) is 0 Å². The first-order valence-corrected chi connectivity index (χ1v) is 8.26. The van der Waals surface area contributed by atoms with Crippen molar-refractivity contribution in [1.29, 1.82) is 0 Å². The van der Waals surface area contributed by atoms with Crippen molar-refractivity contribution in [2.45, 2.75) is 45.2 Å². The van der Waals surface area contributed by atoms with E-state index in [-0.39, 0.29) is 12.1 Å². The molecule has 1 aliphatic rings. The SMILES string of the molecule is CCN(CC1CC1)CC(CO)(NC(C)C)c1ccccc1. The lowest BCUT2D eigenvalue weighted by molar-refractivity contribution is 0.0989. The van der Waals surface area contributed by atoms with Crippen molar-refractivity contribution in [2.24, 2.45) is 5.92 Å². The largest absolute Gasteiger partial charge is 0.394 e. The van der Waals surface area contributed by atoms with E-state index in [2.05, 4.69) is 55.3 Å². The summed E-state index contributed by atoms with van der Waals surface area (Å²) in [7, 11) is 0. The van der Waals surface area contributed by atoms with Gasteiger partial charge in [0.2, 0.25) is 0 Å². The van der Waals surface area contributed by atoms with Gasteiger partial charge in [-0.05, 0) is 44.7 Å². The molecule has 1 fully saturated rings. The van der Waals surface area contributed by atoms with Crippen LogP contribution in [0.1, 0.15) is 39.2 Å². The summed E-state index contributed by atoms with van der Waals surface area (Å²) in [4.78, 5) is 2.48. The third-order valence-corrected chi connectivity index (χ3v) is 4.32. The maximum atomic E-state index is 10.2. The number of aliphatic hydroxyl groups excluding tert-OH is 1. The molecule has 0 spiro atoms. The number of hydrogen-bond donors (Lipinski definition) is 2. The fraction of sp³-hybridized carbons (Fsp3) is 0.667. The van der Waals surface area contributed by atoms with Crippen LogP contribution < -0.4 is 5.32 Å². The van der Waals surface area contributed by atoms with E-state index in [1.165, 1.54) is 18.4 Å². The minimum absolute atomic E-state index is 0.121. The molecule has 3 heteroatoms. The number of rotatable bonds is 9. The number of benzene rings is 1. The topological polar surface area (TPSA) is 35.5 Å². The summed E-state index contributed by atoms with van der Waals surface area (Å²) in [6.45, 7) is 9.67. The maximum Gasteiger partial charge on any atom is 0.0799 e. The fourth-order valence-electron chi connectivity index (χ4n) is 3.07. The van der Waals surface area contributed by atoms with E-state index in [1.54, 1.807) is 0 Å². The quantitative estimate of drug-likeness (QED) is 0.734. The summed E-state index contributed by atoms with van der Waals surface area (Å²) in [6.07, 6.45) is 2.73. The summed E-state index contributed by atoms with van der Waals surface area (Å²) < 4.78 is 0. The molecule has 1 aromatic carbocycles. The van der Waals surface area contributed by atoms with E-state index in [0.29, 0.717) is 6.04 Å². The van der Waals surface area contributed by atoms with Gasteiger partial charge < -0.3 is 15.3 Å². The van der Waals surface area contributed by atoms with Crippen molar-refractivity contribution < 1.29 is 5.11 Å². The van der Waals surface area contributed by atoms with Crippen LogP contribution in [0, 0.1) is 5.92 Å². The van der Waals surface area contributed by atoms with Crippen LogP contribution >= 0.6 is 0 Å². The van der Waals surface area contributed by atoms with Crippen molar-refractivity contribution in [3.63, 3.8) is 0 Å². The van der Waals surface area contributed by atoms with Gasteiger partial charge in [0.1, 0.15) is 0 Å². The average Bonchev–Trinajstić information content (AvgIpc) is 3.30. The van der Waals surface area contributed by atoms with Crippen LogP contribution in [-0.4, -0.2) is 42.3 Å². The fourth-order valence-corrected chi connectivity index (χ4v) is 3.07. The highest BCUT2D eigenvalue weighted by Crippen LogP contribution is 2.31. The molecule has 1 atom stereocenters. The number of nitrogens with one attached hydrogen (secondary N) is 1. The molecule has 3 nitrogen and oxygen atoms in total. The molecule has 0 aromatic heterocycles. The van der Waals surface area contributed by atoms with E-state index >= 15 is 0 Å². The summed E-state index contributed by atoms with van der Waals surface area (Å²) in [6, 6.07) is 10.7. The van der Waals surface area contributed by atoms with Crippen LogP contribution in [0.15, 0.2) is 30.3 Å². The summed E-state index contributed by atoms with van der Waals surface area (Å²) in [5.74, 6) is 0.871. The molecule has 118 valence electrons. The first kappa shape index (κ1) is 16.5. The molecule has 0 radical (unpaired) electrons. The standard InChI is InChI=1S/C18H30N2O/c1-4-20(12-16-10-11-16)13-18(14-21,19-15(2)3)17-8-6-5-7-9-17/h5-9,15-16,19,21H,4,10-14H2,1-3H3. The van der Waals surface area contributed by atoms with Crippen LogP contribution in [0.2, 0.25) is 0 Å². The second-order valence-electron chi connectivity index (χ2n) is 6.68. The van der Waals surface area contributed by atoms with Gasteiger partial charge in [-0.15, -0.1) is 0 Å². The summed E-state index contributed by atoms with van der Waals surface area (Å²) in [5.41, 5.74) is 0.802. The summed E-state index contributed by atoms with van der Waals surface area (Å²) in [5, 5.41) is 13.8. The Hall–Kier alpha value is -0.900. The smallest absolute Gasteiger partial charge is 0.0799 e. The molecule has 0 aliphatic heterocycles. The molecule has 0 bridgehead atoms. The Kier molecular flexibility index (Phi) is 5.80. The summed E-state index contributed by atoms with van der Waals surface area (Å²) >= 11 is 0. The van der Waals surface area contributed by atoms with E-state index in [4.69, 9.17) is 0 Å². The van der Waals surface area contributed by atoms with Gasteiger partial charge in [-0.3, -0.25) is 0 Å². The van der Waals surface area contributed by atoms with Crippen LogP contribution in [0.3, 0.4) is 0 Å². The van der Waals surface area contributed by atoms with Crippen molar-refractivity contribution in [3.8, 4) is 0 Å². The second-order valence-corrected chi connectivity index (χ2v) is 6.68. The van der Waals surface area contributed by atoms with Crippen molar-refractivity contribution >= 4 is 0 Å². The minimum Gasteiger partial charge on any atom is -0.394 e. The molecule has 1 aliphatic carbocycles. The van der Waals surface area contributed by atoms with Crippen molar-refractivity contribution in [3.05, 3.63) is 35.9 Å². The average molecular weight is 290 g/mol. The highest BCUT2D eigenvalue weighted by Gasteiger charge is 2.35. The van der Waals surface area contributed by atoms with E-state index in [0.717, 1.165) is 25.6 Å². The molecule has 0 heterocycles. The Morgan fingerprint density at radius 2 is 1.95 bits per heavy atom. The molecule has 2 N–H and O–H groups in total. The lowest BCUT2D eigenvalue weighted by Crippen LogP contribution is -2.56. The Balaban J connectivity index is 2.20. The first-order valence-electron chi connectivity index (χ1n) is 8.26. The number of hydrogen-bond acceptors (Lipinski definition) is 3. The number of aliphatic hydroxyl groups is 1. The number of nitrogens with zero attached hydrogens (tertiary/aromatic N) is 1. The van der Waals surface area contributed by atoms with Gasteiger partial charge in [0.15, 0.2) is 0 Å². The second kappa shape index (κ2) is 7.39.